The third kappa shape index (κ3) is 4.32. The largest absolute Gasteiger partial charge is 0.494 e. The summed E-state index contributed by atoms with van der Waals surface area (Å²) in [6.07, 6.45) is 0. The number of hydrogen-bond donors (Lipinski definition) is 1. The number of carbonyl (C=O) groups excluding carboxylic acids is 1. The first-order chi connectivity index (χ1) is 9.49. The molecule has 0 heterocycles. The zero-order valence-electron chi connectivity index (χ0n) is 10.5. The van der Waals surface area contributed by atoms with Gasteiger partial charge in [-0.15, -0.1) is 11.6 Å². The van der Waals surface area contributed by atoms with Gasteiger partial charge in [-0.25, -0.2) is 0 Å². The van der Waals surface area contributed by atoms with Crippen molar-refractivity contribution in [3.05, 3.63) is 28.1 Å². The Morgan fingerprint density at radius 1 is 1.55 bits per heavy atom. The van der Waals surface area contributed by atoms with Crippen LogP contribution in [-0.2, 0) is 9.53 Å². The van der Waals surface area contributed by atoms with Gasteiger partial charge >= 0.3 is 5.69 Å². The van der Waals surface area contributed by atoms with Crippen LogP contribution in [0.25, 0.3) is 0 Å². The summed E-state index contributed by atoms with van der Waals surface area (Å²) < 4.78 is 23.1. The number of rotatable bonds is 7. The minimum atomic E-state index is -1.05. The van der Waals surface area contributed by atoms with Gasteiger partial charge in [0.15, 0.2) is 0 Å². The average molecular weight is 307 g/mol. The maximum Gasteiger partial charge on any atom is 0.307 e. The number of carbonyl (C=O) groups is 1. The Bertz CT molecular complexity index is 512. The Balaban J connectivity index is 2.89. The molecule has 1 aromatic carbocycles. The molecule has 0 aliphatic heterocycles. The van der Waals surface area contributed by atoms with E-state index in [1.54, 1.807) is 0 Å². The molecule has 110 valence electrons. The molecule has 0 saturated carbocycles. The molecule has 7 nitrogen and oxygen atoms in total. The van der Waals surface area contributed by atoms with E-state index in [9.17, 15) is 19.3 Å². The summed E-state index contributed by atoms with van der Waals surface area (Å²) in [7, 11) is 1.25. The van der Waals surface area contributed by atoms with E-state index in [1.807, 2.05) is 0 Å². The molecule has 0 bridgehead atoms. The van der Waals surface area contributed by atoms with Crippen molar-refractivity contribution in [3.63, 3.8) is 0 Å². The van der Waals surface area contributed by atoms with Crippen LogP contribution in [0.1, 0.15) is 0 Å². The first kappa shape index (κ1) is 16.1. The Kier molecular flexibility index (Phi) is 6.13. The van der Waals surface area contributed by atoms with Crippen LogP contribution in [0.4, 0.5) is 15.8 Å². The van der Waals surface area contributed by atoms with Gasteiger partial charge in [0, 0.05) is 18.0 Å². The molecule has 0 aliphatic carbocycles. The summed E-state index contributed by atoms with van der Waals surface area (Å²) in [5.74, 6) is -1.41. The molecule has 1 amide bonds. The van der Waals surface area contributed by atoms with Crippen molar-refractivity contribution in [1.82, 2.24) is 0 Å². The van der Waals surface area contributed by atoms with Crippen LogP contribution in [0.3, 0.4) is 0 Å². The second-order valence-electron chi connectivity index (χ2n) is 3.55. The molecule has 1 aromatic rings. The molecular formula is C11H12ClFN2O5. The molecule has 20 heavy (non-hydrogen) atoms. The third-order valence-corrected chi connectivity index (χ3v) is 2.35. The van der Waals surface area contributed by atoms with E-state index in [0.29, 0.717) is 0 Å². The molecule has 0 spiro atoms. The predicted molar refractivity (Wildman–Crippen MR) is 69.8 cm³/mol. The van der Waals surface area contributed by atoms with E-state index in [2.05, 4.69) is 5.32 Å². The number of nitro benzene ring substituents is 1. The van der Waals surface area contributed by atoms with Crippen molar-refractivity contribution < 1.29 is 23.6 Å². The molecular weight excluding hydrogens is 295 g/mol. The number of amides is 1. The van der Waals surface area contributed by atoms with Crippen molar-refractivity contribution in [2.75, 3.05) is 31.5 Å². The summed E-state index contributed by atoms with van der Waals surface area (Å²) >= 11 is 5.37. The van der Waals surface area contributed by atoms with E-state index in [1.165, 1.54) is 7.11 Å². The zero-order chi connectivity index (χ0) is 15.1. The molecule has 0 aliphatic rings. The highest BCUT2D eigenvalue weighted by atomic mass is 35.5. The van der Waals surface area contributed by atoms with Crippen LogP contribution in [0.2, 0.25) is 0 Å². The number of nitro groups is 1. The normalized spacial score (nSPS) is 10.2. The van der Waals surface area contributed by atoms with Gasteiger partial charge < -0.3 is 14.8 Å². The zero-order valence-corrected chi connectivity index (χ0v) is 11.3. The number of halogens is 2. The van der Waals surface area contributed by atoms with E-state index in [4.69, 9.17) is 21.1 Å². The van der Waals surface area contributed by atoms with E-state index in [-0.39, 0.29) is 30.5 Å². The molecule has 0 radical (unpaired) electrons. The smallest absolute Gasteiger partial charge is 0.307 e. The highest BCUT2D eigenvalue weighted by molar-refractivity contribution is 6.18. The standard InChI is InChI=1S/C11H12ClFN2O5/c1-19-10-4-7(13)9(15(17)18)5-8(10)14-11(16)6-20-3-2-12/h4-5H,2-3,6H2,1H3,(H,14,16). The van der Waals surface area contributed by atoms with Gasteiger partial charge in [0.2, 0.25) is 11.7 Å². The topological polar surface area (TPSA) is 90.7 Å². The molecule has 9 heteroatoms. The van der Waals surface area contributed by atoms with Gasteiger partial charge in [-0.3, -0.25) is 14.9 Å². The van der Waals surface area contributed by atoms with Gasteiger partial charge in [-0.1, -0.05) is 0 Å². The minimum absolute atomic E-state index is 0.0138. The fourth-order valence-corrected chi connectivity index (χ4v) is 1.46. The quantitative estimate of drug-likeness (QED) is 0.360. The van der Waals surface area contributed by atoms with Crippen molar-refractivity contribution in [2.45, 2.75) is 0 Å². The van der Waals surface area contributed by atoms with Crippen molar-refractivity contribution in [2.24, 2.45) is 0 Å². The van der Waals surface area contributed by atoms with Crippen molar-refractivity contribution in [1.29, 1.82) is 0 Å². The highest BCUT2D eigenvalue weighted by Crippen LogP contribution is 2.31. The molecule has 1 N–H and O–H groups in total. The van der Waals surface area contributed by atoms with Crippen LogP contribution in [-0.4, -0.2) is 37.0 Å². The molecule has 1 rings (SSSR count). The van der Waals surface area contributed by atoms with Gasteiger partial charge in [0.1, 0.15) is 12.4 Å². The molecule has 0 atom stereocenters. The Morgan fingerprint density at radius 2 is 2.25 bits per heavy atom. The SMILES string of the molecule is COc1cc(F)c([N+](=O)[O-])cc1NC(=O)COCCCl. The number of anilines is 1. The van der Waals surface area contributed by atoms with E-state index in [0.717, 1.165) is 12.1 Å². The van der Waals surface area contributed by atoms with Crippen molar-refractivity contribution in [3.8, 4) is 5.75 Å². The lowest BCUT2D eigenvalue weighted by atomic mass is 10.2. The molecule has 0 aromatic heterocycles. The van der Waals surface area contributed by atoms with Crippen LogP contribution in [0.5, 0.6) is 5.75 Å². The lowest BCUT2D eigenvalue weighted by Gasteiger charge is -2.10. The van der Waals surface area contributed by atoms with Crippen LogP contribution < -0.4 is 10.1 Å². The number of methoxy groups -OCH3 is 1. The number of benzene rings is 1. The second kappa shape index (κ2) is 7.61. The van der Waals surface area contributed by atoms with Gasteiger partial charge in [-0.05, 0) is 0 Å². The number of nitrogens with one attached hydrogen (secondary N) is 1. The van der Waals surface area contributed by atoms with Crippen LogP contribution in [0, 0.1) is 15.9 Å². The van der Waals surface area contributed by atoms with Crippen molar-refractivity contribution >= 4 is 28.9 Å². The fraction of sp³-hybridized carbons (Fsp3) is 0.364. The van der Waals surface area contributed by atoms with Crippen LogP contribution in [0.15, 0.2) is 12.1 Å². The Labute approximate surface area is 118 Å². The fourth-order valence-electron chi connectivity index (χ4n) is 1.36. The molecule has 0 saturated heterocycles. The maximum atomic E-state index is 13.4. The highest BCUT2D eigenvalue weighted by Gasteiger charge is 2.20. The van der Waals surface area contributed by atoms with Gasteiger partial charge in [0.25, 0.3) is 0 Å². The summed E-state index contributed by atoms with van der Waals surface area (Å²) in [5.41, 5.74) is -0.775. The van der Waals surface area contributed by atoms with E-state index < -0.39 is 22.3 Å². The Hall–Kier alpha value is -1.93. The molecule has 0 unspecified atom stereocenters. The summed E-state index contributed by atoms with van der Waals surface area (Å²) in [5, 5.41) is 13.0. The van der Waals surface area contributed by atoms with Crippen LogP contribution >= 0.6 is 11.6 Å². The van der Waals surface area contributed by atoms with Gasteiger partial charge in [-0.2, -0.15) is 4.39 Å². The van der Waals surface area contributed by atoms with Gasteiger partial charge in [0.05, 0.1) is 24.3 Å². The maximum absolute atomic E-state index is 13.4. The predicted octanol–water partition coefficient (Wildman–Crippen LogP) is 1.94. The summed E-state index contributed by atoms with van der Waals surface area (Å²) in [6.45, 7) is -0.0866. The second-order valence-corrected chi connectivity index (χ2v) is 3.93. The monoisotopic (exact) mass is 306 g/mol. The number of alkyl halides is 1. The average Bonchev–Trinajstić information content (AvgIpc) is 2.40. The molecule has 0 fully saturated rings. The minimum Gasteiger partial charge on any atom is -0.494 e. The summed E-state index contributed by atoms with van der Waals surface area (Å²) in [6, 6.07) is 1.71. The lowest BCUT2D eigenvalue weighted by Crippen LogP contribution is -2.19. The number of ether oxygens (including phenoxy) is 2. The lowest BCUT2D eigenvalue weighted by molar-refractivity contribution is -0.387. The Morgan fingerprint density at radius 3 is 2.80 bits per heavy atom. The number of nitrogens with zero attached hydrogens (tertiary/aromatic N) is 1. The summed E-state index contributed by atoms with van der Waals surface area (Å²) in [4.78, 5) is 21.3. The first-order valence-corrected chi connectivity index (χ1v) is 5.98. The van der Waals surface area contributed by atoms with E-state index >= 15 is 0 Å². The first-order valence-electron chi connectivity index (χ1n) is 5.45. The number of hydrogen-bond acceptors (Lipinski definition) is 5. The third-order valence-electron chi connectivity index (χ3n) is 2.19.